The summed E-state index contributed by atoms with van der Waals surface area (Å²) in [5.74, 6) is -4.22. The molecule has 5 amide bonds. The fourth-order valence-electron chi connectivity index (χ4n) is 5.29. The number of nitrogens with two attached hydrogens (primary N) is 3. The molecule has 0 bridgehead atoms. The van der Waals surface area contributed by atoms with Gasteiger partial charge < -0.3 is 53.6 Å². The fourth-order valence-corrected chi connectivity index (χ4v) is 5.29. The monoisotopic (exact) mass is 724 g/mol. The zero-order valence-corrected chi connectivity index (χ0v) is 29.9. The molecule has 12 N–H and O–H groups in total. The van der Waals surface area contributed by atoms with Crippen LogP contribution in [0.1, 0.15) is 62.4 Å². The zero-order valence-electron chi connectivity index (χ0n) is 29.9. The Kier molecular flexibility index (Phi) is 16.3. The third-order valence-corrected chi connectivity index (χ3v) is 8.58. The molecule has 0 aliphatic carbocycles. The van der Waals surface area contributed by atoms with E-state index in [1.807, 2.05) is 24.3 Å². The van der Waals surface area contributed by atoms with Crippen LogP contribution in [0.4, 0.5) is 0 Å². The molecular formula is C36H52N8O8. The van der Waals surface area contributed by atoms with Crippen molar-refractivity contribution in [2.45, 2.75) is 95.4 Å². The van der Waals surface area contributed by atoms with Gasteiger partial charge in [0.15, 0.2) is 11.9 Å². The summed E-state index contributed by atoms with van der Waals surface area (Å²) < 4.78 is 4.98. The van der Waals surface area contributed by atoms with Gasteiger partial charge in [-0.25, -0.2) is 0 Å². The minimum absolute atomic E-state index is 0.0149. The first-order chi connectivity index (χ1) is 24.8. The Bertz CT molecular complexity index is 1530. The van der Waals surface area contributed by atoms with Crippen LogP contribution < -0.4 is 43.8 Å². The zero-order chi connectivity index (χ0) is 38.4. The molecule has 1 heterocycles. The molecule has 2 aromatic rings. The van der Waals surface area contributed by atoms with Crippen molar-refractivity contribution in [3.8, 4) is 11.1 Å². The number of hydrogen-bond donors (Lipinski definition) is 9. The van der Waals surface area contributed by atoms with E-state index in [-0.39, 0.29) is 31.8 Å². The van der Waals surface area contributed by atoms with E-state index in [2.05, 4.69) is 33.5 Å². The molecule has 3 rings (SSSR count). The molecule has 52 heavy (non-hydrogen) atoms. The van der Waals surface area contributed by atoms with Crippen molar-refractivity contribution < 1.29 is 38.6 Å². The van der Waals surface area contributed by atoms with Gasteiger partial charge in [0.1, 0.15) is 24.2 Å². The molecule has 7 unspecified atom stereocenters. The highest BCUT2D eigenvalue weighted by Crippen LogP contribution is 2.21. The van der Waals surface area contributed by atoms with Crippen LogP contribution in [0.5, 0.6) is 0 Å². The Hall–Kier alpha value is -4.74. The Morgan fingerprint density at radius 3 is 1.87 bits per heavy atom. The van der Waals surface area contributed by atoms with Crippen molar-refractivity contribution in [2.75, 3.05) is 19.7 Å². The van der Waals surface area contributed by atoms with Gasteiger partial charge in [-0.2, -0.15) is 0 Å². The lowest BCUT2D eigenvalue weighted by molar-refractivity contribution is -0.136. The number of amides is 5. The van der Waals surface area contributed by atoms with Crippen molar-refractivity contribution in [3.05, 3.63) is 59.7 Å². The number of aliphatic hydroxyl groups excluding tert-OH is 1. The van der Waals surface area contributed by atoms with E-state index in [1.165, 1.54) is 19.4 Å². The lowest BCUT2D eigenvalue weighted by Crippen LogP contribution is -2.63. The molecule has 1 saturated heterocycles. The normalized spacial score (nSPS) is 16.9. The first-order valence-electron chi connectivity index (χ1n) is 17.5. The van der Waals surface area contributed by atoms with E-state index < -0.39 is 72.1 Å². The molecule has 2 aromatic carbocycles. The first kappa shape index (κ1) is 41.7. The summed E-state index contributed by atoms with van der Waals surface area (Å²) in [6, 6.07) is 10.2. The van der Waals surface area contributed by atoms with E-state index in [0.717, 1.165) is 17.5 Å². The van der Waals surface area contributed by atoms with Gasteiger partial charge in [0.25, 0.3) is 11.8 Å². The van der Waals surface area contributed by atoms with E-state index in [9.17, 15) is 33.9 Å². The number of hydrogen-bond acceptors (Lipinski definition) is 11. The highest BCUT2D eigenvalue weighted by Gasteiger charge is 2.36. The molecular weight excluding hydrogens is 672 g/mol. The van der Waals surface area contributed by atoms with E-state index >= 15 is 0 Å². The lowest BCUT2D eigenvalue weighted by Gasteiger charge is -2.26. The van der Waals surface area contributed by atoms with E-state index in [1.54, 1.807) is 24.3 Å². The summed E-state index contributed by atoms with van der Waals surface area (Å²) in [6.07, 6.45) is -1.56. The highest BCUT2D eigenvalue weighted by atomic mass is 16.6. The summed E-state index contributed by atoms with van der Waals surface area (Å²) >= 11 is 0. The second kappa shape index (κ2) is 20.3. The van der Waals surface area contributed by atoms with Gasteiger partial charge in [-0.05, 0) is 87.9 Å². The third kappa shape index (κ3) is 12.5. The summed E-state index contributed by atoms with van der Waals surface area (Å²) in [4.78, 5) is 77.8. The number of epoxide rings is 1. The summed E-state index contributed by atoms with van der Waals surface area (Å²) in [5.41, 5.74) is 20.6. The Morgan fingerprint density at radius 1 is 0.750 bits per heavy atom. The fraction of sp³-hybridized carbons (Fsp3) is 0.500. The van der Waals surface area contributed by atoms with Crippen molar-refractivity contribution in [3.63, 3.8) is 0 Å². The van der Waals surface area contributed by atoms with Crippen LogP contribution in [0.2, 0.25) is 0 Å². The number of rotatable bonds is 21. The Labute approximate surface area is 303 Å². The van der Waals surface area contributed by atoms with E-state index in [0.29, 0.717) is 24.9 Å². The average Bonchev–Trinajstić information content (AvgIpc) is 3.98. The average molecular weight is 725 g/mol. The van der Waals surface area contributed by atoms with Crippen LogP contribution in [0.25, 0.3) is 11.1 Å². The van der Waals surface area contributed by atoms with Gasteiger partial charge in [-0.15, -0.1) is 0 Å². The number of aryl methyl sites for hydroxylation is 1. The lowest BCUT2D eigenvalue weighted by atomic mass is 10.0. The van der Waals surface area contributed by atoms with Crippen LogP contribution in [-0.2, 0) is 35.1 Å². The molecule has 0 radical (unpaired) electrons. The molecule has 16 nitrogen and oxygen atoms in total. The van der Waals surface area contributed by atoms with Crippen molar-refractivity contribution in [1.82, 2.24) is 26.6 Å². The summed E-state index contributed by atoms with van der Waals surface area (Å²) in [5, 5.41) is 22.7. The quantitative estimate of drug-likeness (QED) is 0.0415. The van der Waals surface area contributed by atoms with Crippen molar-refractivity contribution in [1.29, 1.82) is 0 Å². The molecule has 1 aliphatic heterocycles. The second-order valence-corrected chi connectivity index (χ2v) is 12.7. The molecule has 0 aromatic heterocycles. The number of nitrogens with one attached hydrogen (secondary N) is 5. The van der Waals surface area contributed by atoms with Crippen LogP contribution >= 0.6 is 0 Å². The molecule has 16 heteroatoms. The molecule has 0 saturated carbocycles. The van der Waals surface area contributed by atoms with Crippen LogP contribution in [0, 0.1) is 0 Å². The molecule has 0 spiro atoms. The Balaban J connectivity index is 1.61. The van der Waals surface area contributed by atoms with Gasteiger partial charge in [0.2, 0.25) is 17.7 Å². The van der Waals surface area contributed by atoms with Gasteiger partial charge >= 0.3 is 0 Å². The minimum Gasteiger partial charge on any atom is -0.391 e. The predicted molar refractivity (Wildman–Crippen MR) is 193 cm³/mol. The standard InChI is InChI=1S/C36H52N8O8/c1-4-22-8-10-23(11-9-22)24-12-14-25(15-13-24)32(47)41-27(16-18-38)34(49)43-29(21(3)45)35(50)44-31(39)36(51)42-26(7-5-6-17-37)33(48)40-20(2)30(46)28-19-52-28/h8-15,20-21,26-29,31,45H,4-7,16-19,37-39H2,1-3H3,(H,40,48)(H,41,47)(H,42,51)(H,43,49)(H,44,50). The summed E-state index contributed by atoms with van der Waals surface area (Å²) in [6.45, 7) is 5.48. The van der Waals surface area contributed by atoms with Crippen LogP contribution in [-0.4, -0.2) is 103 Å². The van der Waals surface area contributed by atoms with Gasteiger partial charge in [0.05, 0.1) is 18.8 Å². The number of benzene rings is 2. The number of aliphatic hydroxyl groups is 1. The predicted octanol–water partition coefficient (Wildman–Crippen LogP) is -1.28. The molecule has 1 fully saturated rings. The van der Waals surface area contributed by atoms with Crippen molar-refractivity contribution in [2.24, 2.45) is 17.2 Å². The SMILES string of the molecule is CCc1ccc(-c2ccc(C(=O)NC(CCN)C(=O)NC(C(=O)NC(N)C(=O)NC(CCCCN)C(=O)NC(C)C(=O)C3CO3)C(C)O)cc2)cc1. The maximum Gasteiger partial charge on any atom is 0.258 e. The largest absolute Gasteiger partial charge is 0.391 e. The van der Waals surface area contributed by atoms with Crippen LogP contribution in [0.15, 0.2) is 48.5 Å². The maximum atomic E-state index is 13.3. The van der Waals surface area contributed by atoms with Gasteiger partial charge in [-0.1, -0.05) is 43.3 Å². The maximum absolute atomic E-state index is 13.3. The van der Waals surface area contributed by atoms with Crippen LogP contribution in [0.3, 0.4) is 0 Å². The summed E-state index contributed by atoms with van der Waals surface area (Å²) in [7, 11) is 0. The molecule has 1 aliphatic rings. The number of carbonyl (C=O) groups excluding carboxylic acids is 6. The number of carbonyl (C=O) groups is 6. The number of Topliss-reactive ketones (excluding diaryl/α,β-unsaturated/α-hetero) is 1. The smallest absolute Gasteiger partial charge is 0.258 e. The van der Waals surface area contributed by atoms with E-state index in [4.69, 9.17) is 21.9 Å². The number of ketones is 1. The second-order valence-electron chi connectivity index (χ2n) is 12.7. The van der Waals surface area contributed by atoms with Gasteiger partial charge in [-0.3, -0.25) is 28.8 Å². The number of ether oxygens (including phenoxy) is 1. The highest BCUT2D eigenvalue weighted by molar-refractivity contribution is 5.99. The molecule has 284 valence electrons. The van der Waals surface area contributed by atoms with Crippen molar-refractivity contribution >= 4 is 35.3 Å². The van der Waals surface area contributed by atoms with Gasteiger partial charge in [0, 0.05) is 5.56 Å². The molecule has 7 atom stereocenters. The minimum atomic E-state index is -1.69. The first-order valence-corrected chi connectivity index (χ1v) is 17.5. The Morgan fingerprint density at radius 2 is 1.33 bits per heavy atom. The third-order valence-electron chi connectivity index (χ3n) is 8.58. The topological polar surface area (TPSA) is 273 Å². The number of unbranched alkanes of at least 4 members (excludes halogenated alkanes) is 1.